The highest BCUT2D eigenvalue weighted by Gasteiger charge is 2.24. The number of anilines is 1. The van der Waals surface area contributed by atoms with Crippen molar-refractivity contribution in [2.45, 2.75) is 33.8 Å². The lowest BCUT2D eigenvalue weighted by Crippen LogP contribution is -2.30. The molecule has 0 fully saturated rings. The zero-order valence-electron chi connectivity index (χ0n) is 16.4. The number of hydrogen-bond donors (Lipinski definition) is 1. The highest BCUT2D eigenvalue weighted by atomic mass is 16.6. The predicted octanol–water partition coefficient (Wildman–Crippen LogP) is 3.71. The van der Waals surface area contributed by atoms with Crippen molar-refractivity contribution in [3.05, 3.63) is 62.7 Å². The van der Waals surface area contributed by atoms with Gasteiger partial charge in [-0.05, 0) is 44.9 Å². The van der Waals surface area contributed by atoms with E-state index in [4.69, 9.17) is 9.47 Å². The van der Waals surface area contributed by atoms with Gasteiger partial charge in [-0.3, -0.25) is 14.9 Å². The Kier molecular flexibility index (Phi) is 6.35. The fraction of sp³-hybridized carbons (Fsp3) is 0.300. The third kappa shape index (κ3) is 4.64. The van der Waals surface area contributed by atoms with E-state index in [0.717, 1.165) is 22.8 Å². The van der Waals surface area contributed by atoms with E-state index in [-0.39, 0.29) is 17.0 Å². The van der Waals surface area contributed by atoms with Crippen molar-refractivity contribution < 1.29 is 24.0 Å². The van der Waals surface area contributed by atoms with E-state index >= 15 is 0 Å². The number of benzene rings is 2. The highest BCUT2D eigenvalue weighted by Crippen LogP contribution is 2.26. The maximum absolute atomic E-state index is 12.5. The number of carbonyl (C=O) groups is 2. The van der Waals surface area contributed by atoms with Gasteiger partial charge in [-0.1, -0.05) is 17.7 Å². The number of ether oxygens (including phenoxy) is 2. The summed E-state index contributed by atoms with van der Waals surface area (Å²) in [5.74, 6) is -1.28. The van der Waals surface area contributed by atoms with Gasteiger partial charge in [0.05, 0.1) is 12.0 Å². The molecule has 2 aromatic carbocycles. The van der Waals surface area contributed by atoms with Gasteiger partial charge in [-0.15, -0.1) is 0 Å². The lowest BCUT2D eigenvalue weighted by Gasteiger charge is -2.17. The summed E-state index contributed by atoms with van der Waals surface area (Å²) in [6.45, 7) is 7.14. The molecule has 8 nitrogen and oxygen atoms in total. The quantitative estimate of drug-likeness (QED) is 0.461. The Balaban J connectivity index is 2.17. The number of methoxy groups -OCH3 is 1. The summed E-state index contributed by atoms with van der Waals surface area (Å²) in [7, 11) is 1.33. The fourth-order valence-electron chi connectivity index (χ4n) is 2.85. The predicted molar refractivity (Wildman–Crippen MR) is 104 cm³/mol. The monoisotopic (exact) mass is 386 g/mol. The number of esters is 1. The number of hydrogen-bond acceptors (Lipinski definition) is 6. The molecule has 0 saturated carbocycles. The molecule has 1 amide bonds. The molecule has 8 heteroatoms. The van der Waals surface area contributed by atoms with Crippen LogP contribution in [0, 0.1) is 30.9 Å². The van der Waals surface area contributed by atoms with Crippen molar-refractivity contribution in [1.82, 2.24) is 0 Å². The molecule has 0 bridgehead atoms. The van der Waals surface area contributed by atoms with Crippen molar-refractivity contribution >= 4 is 23.3 Å². The SMILES string of the molecule is COc1ccc([N+](=O)[O-])cc1C(=O)O[C@@H](C)C(=O)Nc1c(C)cc(C)cc1C. The van der Waals surface area contributed by atoms with Crippen LogP contribution in [0.4, 0.5) is 11.4 Å². The molecule has 148 valence electrons. The average molecular weight is 386 g/mol. The minimum Gasteiger partial charge on any atom is -0.496 e. The first-order valence-corrected chi connectivity index (χ1v) is 8.56. The molecular weight excluding hydrogens is 364 g/mol. The molecule has 0 aromatic heterocycles. The van der Waals surface area contributed by atoms with Gasteiger partial charge in [0, 0.05) is 17.8 Å². The Bertz CT molecular complexity index is 915. The first-order chi connectivity index (χ1) is 13.1. The second kappa shape index (κ2) is 8.51. The maximum Gasteiger partial charge on any atom is 0.342 e. The van der Waals surface area contributed by atoms with E-state index in [1.807, 2.05) is 32.9 Å². The van der Waals surface area contributed by atoms with Crippen LogP contribution in [0.25, 0.3) is 0 Å². The van der Waals surface area contributed by atoms with Gasteiger partial charge in [0.25, 0.3) is 11.6 Å². The van der Waals surface area contributed by atoms with E-state index in [9.17, 15) is 19.7 Å². The van der Waals surface area contributed by atoms with E-state index < -0.39 is 22.9 Å². The number of carbonyl (C=O) groups excluding carboxylic acids is 2. The van der Waals surface area contributed by atoms with Crippen molar-refractivity contribution in [2.75, 3.05) is 12.4 Å². The van der Waals surface area contributed by atoms with Crippen LogP contribution >= 0.6 is 0 Å². The minimum atomic E-state index is -1.11. The zero-order valence-corrected chi connectivity index (χ0v) is 16.4. The van der Waals surface area contributed by atoms with Gasteiger partial charge in [0.15, 0.2) is 6.10 Å². The van der Waals surface area contributed by atoms with E-state index in [0.29, 0.717) is 5.69 Å². The molecule has 2 aromatic rings. The number of non-ortho nitro benzene ring substituents is 1. The molecule has 0 unspecified atom stereocenters. The van der Waals surface area contributed by atoms with Crippen molar-refractivity contribution in [1.29, 1.82) is 0 Å². The van der Waals surface area contributed by atoms with E-state index in [2.05, 4.69) is 5.32 Å². The lowest BCUT2D eigenvalue weighted by molar-refractivity contribution is -0.384. The molecule has 0 heterocycles. The Morgan fingerprint density at radius 2 is 1.71 bits per heavy atom. The molecule has 0 aliphatic carbocycles. The summed E-state index contributed by atoms with van der Waals surface area (Å²) in [6, 6.07) is 7.45. The number of nitro benzene ring substituents is 1. The van der Waals surface area contributed by atoms with Gasteiger partial charge in [-0.25, -0.2) is 4.79 Å². The first-order valence-electron chi connectivity index (χ1n) is 8.56. The van der Waals surface area contributed by atoms with Crippen LogP contribution in [-0.2, 0) is 9.53 Å². The Hall–Kier alpha value is -3.42. The number of nitrogens with zero attached hydrogens (tertiary/aromatic N) is 1. The van der Waals surface area contributed by atoms with Crippen molar-refractivity contribution in [3.63, 3.8) is 0 Å². The van der Waals surface area contributed by atoms with Crippen LogP contribution in [0.5, 0.6) is 5.75 Å². The van der Waals surface area contributed by atoms with Gasteiger partial charge >= 0.3 is 5.97 Å². The molecule has 28 heavy (non-hydrogen) atoms. The Morgan fingerprint density at radius 1 is 1.11 bits per heavy atom. The van der Waals surface area contributed by atoms with Crippen molar-refractivity contribution in [3.8, 4) is 5.75 Å². The molecule has 0 aliphatic rings. The molecule has 0 radical (unpaired) electrons. The van der Waals surface area contributed by atoms with Crippen LogP contribution in [-0.4, -0.2) is 30.0 Å². The molecule has 0 saturated heterocycles. The molecule has 0 spiro atoms. The second-order valence-corrected chi connectivity index (χ2v) is 6.45. The Labute approximate surface area is 162 Å². The normalized spacial score (nSPS) is 11.5. The summed E-state index contributed by atoms with van der Waals surface area (Å²) in [5, 5.41) is 13.7. The van der Waals surface area contributed by atoms with Crippen LogP contribution < -0.4 is 10.1 Å². The highest BCUT2D eigenvalue weighted by molar-refractivity contribution is 5.99. The average Bonchev–Trinajstić information content (AvgIpc) is 2.63. The number of nitro groups is 1. The third-order valence-corrected chi connectivity index (χ3v) is 4.19. The van der Waals surface area contributed by atoms with Gasteiger partial charge in [-0.2, -0.15) is 0 Å². The van der Waals surface area contributed by atoms with Crippen LogP contribution in [0.3, 0.4) is 0 Å². The summed E-state index contributed by atoms with van der Waals surface area (Å²) >= 11 is 0. The maximum atomic E-state index is 12.5. The summed E-state index contributed by atoms with van der Waals surface area (Å²) in [4.78, 5) is 35.2. The molecule has 1 atom stereocenters. The summed E-state index contributed by atoms with van der Waals surface area (Å²) in [6.07, 6.45) is -1.11. The van der Waals surface area contributed by atoms with Crippen LogP contribution in [0.1, 0.15) is 34.0 Å². The third-order valence-electron chi connectivity index (χ3n) is 4.19. The molecule has 1 N–H and O–H groups in total. The first kappa shape index (κ1) is 20.9. The standard InChI is InChI=1S/C20H22N2O6/c1-11-8-12(2)18(13(3)9-11)21-19(23)14(4)28-20(24)16-10-15(22(25)26)6-7-17(16)27-5/h6-10,14H,1-5H3,(H,21,23)/t14-/m0/s1. The zero-order chi connectivity index (χ0) is 21.0. The van der Waals surface area contributed by atoms with E-state index in [1.54, 1.807) is 0 Å². The van der Waals surface area contributed by atoms with E-state index in [1.165, 1.54) is 26.2 Å². The summed E-state index contributed by atoms with van der Waals surface area (Å²) < 4.78 is 10.3. The number of nitrogens with one attached hydrogen (secondary N) is 1. The van der Waals surface area contributed by atoms with Gasteiger partial charge in [0.2, 0.25) is 0 Å². The van der Waals surface area contributed by atoms with Crippen LogP contribution in [0.15, 0.2) is 30.3 Å². The number of rotatable bonds is 6. The van der Waals surface area contributed by atoms with Crippen LogP contribution in [0.2, 0.25) is 0 Å². The van der Waals surface area contributed by atoms with Gasteiger partial charge < -0.3 is 14.8 Å². The largest absolute Gasteiger partial charge is 0.496 e. The second-order valence-electron chi connectivity index (χ2n) is 6.45. The Morgan fingerprint density at radius 3 is 2.25 bits per heavy atom. The smallest absolute Gasteiger partial charge is 0.342 e. The topological polar surface area (TPSA) is 108 Å². The van der Waals surface area contributed by atoms with Gasteiger partial charge in [0.1, 0.15) is 11.3 Å². The number of aryl methyl sites for hydroxylation is 3. The minimum absolute atomic E-state index is 0.119. The molecule has 0 aliphatic heterocycles. The number of amides is 1. The fourth-order valence-corrected chi connectivity index (χ4v) is 2.85. The molecular formula is C20H22N2O6. The lowest BCUT2D eigenvalue weighted by atomic mass is 10.0. The van der Waals surface area contributed by atoms with Crippen molar-refractivity contribution in [2.24, 2.45) is 0 Å². The molecule has 2 rings (SSSR count). The summed E-state index contributed by atoms with van der Waals surface area (Å²) in [5.41, 5.74) is 3.11.